The Morgan fingerprint density at radius 2 is 2.14 bits per heavy atom. The number of halogens is 2. The molecule has 0 saturated carbocycles. The van der Waals surface area contributed by atoms with Gasteiger partial charge in [0.25, 0.3) is 0 Å². The molecule has 1 aromatic heterocycles. The first-order valence-electron chi connectivity index (χ1n) is 6.03. The van der Waals surface area contributed by atoms with Gasteiger partial charge in [-0.25, -0.2) is 9.07 Å². The van der Waals surface area contributed by atoms with Crippen molar-refractivity contribution in [1.82, 2.24) is 20.2 Å². The molecule has 0 aliphatic carbocycles. The van der Waals surface area contributed by atoms with E-state index < -0.39 is 12.1 Å². The van der Waals surface area contributed by atoms with Crippen LogP contribution in [0.3, 0.4) is 0 Å². The summed E-state index contributed by atoms with van der Waals surface area (Å²) in [5.41, 5.74) is 0.686. The zero-order chi connectivity index (χ0) is 15.2. The molecule has 0 aliphatic heterocycles. The summed E-state index contributed by atoms with van der Waals surface area (Å²) in [6.45, 7) is 0.360. The highest BCUT2D eigenvalue weighted by molar-refractivity contribution is 7.98. The molecule has 0 N–H and O–H groups in total. The monoisotopic (exact) mass is 332 g/mol. The van der Waals surface area contributed by atoms with Crippen LogP contribution in [-0.2, 0) is 21.8 Å². The smallest absolute Gasteiger partial charge is 0.209 e. The van der Waals surface area contributed by atoms with Crippen LogP contribution in [0, 0.1) is 5.82 Å². The molecule has 1 heterocycles. The summed E-state index contributed by atoms with van der Waals surface area (Å²) in [5, 5.41) is 12.1. The first-order chi connectivity index (χ1) is 10.2. The highest BCUT2D eigenvalue weighted by Crippen LogP contribution is 2.26. The molecule has 0 amide bonds. The van der Waals surface area contributed by atoms with Crippen LogP contribution in [0.4, 0.5) is 4.39 Å². The van der Waals surface area contributed by atoms with Gasteiger partial charge in [-0.15, -0.1) is 5.10 Å². The van der Waals surface area contributed by atoms with Crippen molar-refractivity contribution in [3.63, 3.8) is 0 Å². The van der Waals surface area contributed by atoms with Crippen molar-refractivity contribution >= 4 is 23.4 Å². The van der Waals surface area contributed by atoms with E-state index in [0.717, 1.165) is 0 Å². The average Bonchev–Trinajstić information content (AvgIpc) is 2.93. The van der Waals surface area contributed by atoms with Crippen LogP contribution in [-0.4, -0.2) is 40.7 Å². The number of ether oxygens (including phenoxy) is 2. The van der Waals surface area contributed by atoms with Gasteiger partial charge in [0.1, 0.15) is 5.82 Å². The van der Waals surface area contributed by atoms with E-state index in [1.165, 1.54) is 32.0 Å². The maximum Gasteiger partial charge on any atom is 0.209 e. The maximum atomic E-state index is 13.4. The van der Waals surface area contributed by atoms with Crippen LogP contribution >= 0.6 is 23.4 Å². The van der Waals surface area contributed by atoms with E-state index in [2.05, 4.69) is 15.5 Å². The molecule has 0 atom stereocenters. The fraction of sp³-hybridized carbons (Fsp3) is 0.417. The zero-order valence-corrected chi connectivity index (χ0v) is 13.1. The summed E-state index contributed by atoms with van der Waals surface area (Å²) in [4.78, 5) is 0. The number of benzene rings is 1. The quantitative estimate of drug-likeness (QED) is 0.573. The highest BCUT2D eigenvalue weighted by atomic mass is 35.5. The third-order valence-electron chi connectivity index (χ3n) is 2.74. The van der Waals surface area contributed by atoms with Crippen molar-refractivity contribution in [2.75, 3.05) is 14.2 Å². The van der Waals surface area contributed by atoms with Crippen LogP contribution in [0.2, 0.25) is 5.02 Å². The number of hydrogen-bond acceptors (Lipinski definition) is 6. The summed E-state index contributed by atoms with van der Waals surface area (Å²) < 4.78 is 25.1. The van der Waals surface area contributed by atoms with Crippen LogP contribution in [0.1, 0.15) is 5.56 Å². The second-order valence-corrected chi connectivity index (χ2v) is 5.37. The first-order valence-corrected chi connectivity index (χ1v) is 7.39. The number of methoxy groups -OCH3 is 2. The standard InChI is InChI=1S/C12H14ClFN4O2S/c1-19-10(20-2)6-18-12(15-16-17-18)21-7-8-4-3-5-9(14)11(8)13/h3-5,10H,6-7H2,1-2H3. The third-order valence-corrected chi connectivity index (χ3v) is 4.16. The number of aromatic nitrogens is 4. The molecule has 0 unspecified atom stereocenters. The molecule has 0 aliphatic rings. The molecule has 0 radical (unpaired) electrons. The van der Waals surface area contributed by atoms with E-state index in [1.54, 1.807) is 16.8 Å². The Labute approximate surface area is 130 Å². The third kappa shape index (κ3) is 4.13. The Morgan fingerprint density at radius 3 is 2.86 bits per heavy atom. The van der Waals surface area contributed by atoms with E-state index in [4.69, 9.17) is 21.1 Å². The minimum absolute atomic E-state index is 0.121. The van der Waals surface area contributed by atoms with Crippen LogP contribution < -0.4 is 0 Å². The summed E-state index contributed by atoms with van der Waals surface area (Å²) in [5.74, 6) is 0.0231. The van der Waals surface area contributed by atoms with Gasteiger partial charge in [-0.2, -0.15) is 0 Å². The van der Waals surface area contributed by atoms with Crippen molar-refractivity contribution in [1.29, 1.82) is 0 Å². The zero-order valence-electron chi connectivity index (χ0n) is 11.5. The molecule has 2 aromatic rings. The number of tetrazole rings is 1. The Hall–Kier alpha value is -1.22. The molecule has 9 heteroatoms. The van der Waals surface area contributed by atoms with Crippen molar-refractivity contribution in [2.45, 2.75) is 23.7 Å². The van der Waals surface area contributed by atoms with Crippen LogP contribution in [0.15, 0.2) is 23.4 Å². The Bertz CT molecular complexity index is 594. The van der Waals surface area contributed by atoms with E-state index >= 15 is 0 Å². The molecule has 1 aromatic carbocycles. The van der Waals surface area contributed by atoms with E-state index in [-0.39, 0.29) is 5.02 Å². The second kappa shape index (κ2) is 7.69. The van der Waals surface area contributed by atoms with Gasteiger partial charge < -0.3 is 9.47 Å². The van der Waals surface area contributed by atoms with Gasteiger partial charge in [0.15, 0.2) is 6.29 Å². The van der Waals surface area contributed by atoms with Crippen molar-refractivity contribution < 1.29 is 13.9 Å². The molecular weight excluding hydrogens is 319 g/mol. The number of hydrogen-bond donors (Lipinski definition) is 0. The highest BCUT2D eigenvalue weighted by Gasteiger charge is 2.14. The average molecular weight is 333 g/mol. The molecule has 114 valence electrons. The molecule has 0 saturated heterocycles. The van der Waals surface area contributed by atoms with Gasteiger partial charge >= 0.3 is 0 Å². The second-order valence-electron chi connectivity index (χ2n) is 4.05. The first kappa shape index (κ1) is 16.2. The van der Waals surface area contributed by atoms with E-state index in [9.17, 15) is 4.39 Å². The summed E-state index contributed by atoms with van der Waals surface area (Å²) in [6, 6.07) is 4.70. The minimum atomic E-state index is -0.439. The van der Waals surface area contributed by atoms with Gasteiger partial charge in [-0.05, 0) is 22.1 Å². The van der Waals surface area contributed by atoms with Gasteiger partial charge in [-0.3, -0.25) is 0 Å². The SMILES string of the molecule is COC(Cn1nnnc1SCc1cccc(F)c1Cl)OC. The predicted octanol–water partition coefficient (Wildman–Crippen LogP) is 2.38. The lowest BCUT2D eigenvalue weighted by atomic mass is 10.2. The van der Waals surface area contributed by atoms with Gasteiger partial charge in [0.2, 0.25) is 5.16 Å². The van der Waals surface area contributed by atoms with Crippen LogP contribution in [0.5, 0.6) is 0 Å². The van der Waals surface area contributed by atoms with Gasteiger partial charge in [-0.1, -0.05) is 35.5 Å². The topological polar surface area (TPSA) is 62.1 Å². The fourth-order valence-corrected chi connectivity index (χ4v) is 2.75. The largest absolute Gasteiger partial charge is 0.354 e. The molecule has 0 spiro atoms. The molecule has 6 nitrogen and oxygen atoms in total. The lowest BCUT2D eigenvalue weighted by molar-refractivity contribution is -0.113. The Kier molecular flexibility index (Phi) is 5.92. The number of thioether (sulfide) groups is 1. The van der Waals surface area contributed by atoms with E-state index in [0.29, 0.717) is 23.0 Å². The Morgan fingerprint density at radius 1 is 1.38 bits per heavy atom. The van der Waals surface area contributed by atoms with Crippen molar-refractivity contribution in [3.05, 3.63) is 34.6 Å². The minimum Gasteiger partial charge on any atom is -0.354 e. The lowest BCUT2D eigenvalue weighted by Gasteiger charge is -2.13. The van der Waals surface area contributed by atoms with Crippen molar-refractivity contribution in [2.24, 2.45) is 0 Å². The summed E-state index contributed by atoms with van der Waals surface area (Å²) >= 11 is 7.27. The normalized spacial score (nSPS) is 11.3. The van der Waals surface area contributed by atoms with Gasteiger partial charge in [0, 0.05) is 20.0 Å². The predicted molar refractivity (Wildman–Crippen MR) is 76.6 cm³/mol. The summed E-state index contributed by atoms with van der Waals surface area (Å²) in [6.07, 6.45) is -0.439. The molecule has 0 bridgehead atoms. The molecule has 21 heavy (non-hydrogen) atoms. The molecule has 0 fully saturated rings. The van der Waals surface area contributed by atoms with Crippen molar-refractivity contribution in [3.8, 4) is 0 Å². The summed E-state index contributed by atoms with van der Waals surface area (Å²) in [7, 11) is 3.08. The lowest BCUT2D eigenvalue weighted by Crippen LogP contribution is -2.21. The van der Waals surface area contributed by atoms with Gasteiger partial charge in [0.05, 0.1) is 11.6 Å². The molecule has 2 rings (SSSR count). The van der Waals surface area contributed by atoms with Crippen LogP contribution in [0.25, 0.3) is 0 Å². The molecular formula is C12H14ClFN4O2S. The Balaban J connectivity index is 2.04. The fourth-order valence-electron chi connectivity index (χ4n) is 1.60. The number of nitrogens with zero attached hydrogens (tertiary/aromatic N) is 4. The number of rotatable bonds is 7. The van der Waals surface area contributed by atoms with E-state index in [1.807, 2.05) is 0 Å². The maximum absolute atomic E-state index is 13.4.